The second kappa shape index (κ2) is 5.93. The Morgan fingerprint density at radius 2 is 1.92 bits per heavy atom. The molecule has 0 N–H and O–H groups in total. The van der Waals surface area contributed by atoms with Gasteiger partial charge in [-0.05, 0) is 55.0 Å². The molecule has 4 rings (SSSR count). The van der Waals surface area contributed by atoms with E-state index < -0.39 is 0 Å². The van der Waals surface area contributed by atoms with Crippen molar-refractivity contribution < 1.29 is 9.18 Å². The third-order valence-corrected chi connectivity index (χ3v) is 5.08. The fourth-order valence-electron chi connectivity index (χ4n) is 3.91. The van der Waals surface area contributed by atoms with Crippen LogP contribution in [0.3, 0.4) is 0 Å². The van der Waals surface area contributed by atoms with Crippen LogP contribution >= 0.6 is 0 Å². The molecule has 0 saturated heterocycles. The highest BCUT2D eigenvalue weighted by Gasteiger charge is 2.36. The van der Waals surface area contributed by atoms with Crippen LogP contribution in [0.5, 0.6) is 0 Å². The Hall–Kier alpha value is -2.36. The highest BCUT2D eigenvalue weighted by atomic mass is 19.1. The largest absolute Gasteiger partial charge is 0.294 e. The Labute approximate surface area is 140 Å². The number of carbonyl (C=O) groups excluding carboxylic acids is 1. The number of ketones is 1. The van der Waals surface area contributed by atoms with Gasteiger partial charge in [0.15, 0.2) is 5.78 Å². The number of carbonyl (C=O) groups is 1. The van der Waals surface area contributed by atoms with Crippen molar-refractivity contribution in [3.8, 4) is 0 Å². The molecule has 0 amide bonds. The summed E-state index contributed by atoms with van der Waals surface area (Å²) in [7, 11) is 0. The molecule has 3 nitrogen and oxygen atoms in total. The van der Waals surface area contributed by atoms with Crippen molar-refractivity contribution in [3.05, 3.63) is 69.7 Å². The standard InChI is InChI=1S/C20H19FN2O/c1-2-12-11-16-19(15-5-3-4-6-17(24)18(12)15)20(23-22-16)13-7-9-14(21)10-8-13/h2,7-10,20H,3-6,11H2,1H3/b12-2+. The predicted molar refractivity (Wildman–Crippen MR) is 89.9 cm³/mol. The molecule has 0 spiro atoms. The Balaban J connectivity index is 1.84. The first-order valence-corrected chi connectivity index (χ1v) is 8.50. The zero-order valence-corrected chi connectivity index (χ0v) is 13.7. The molecule has 0 saturated carbocycles. The van der Waals surface area contributed by atoms with E-state index in [-0.39, 0.29) is 17.6 Å². The maximum Gasteiger partial charge on any atom is 0.163 e. The summed E-state index contributed by atoms with van der Waals surface area (Å²) >= 11 is 0. The lowest BCUT2D eigenvalue weighted by Gasteiger charge is -2.24. The van der Waals surface area contributed by atoms with Crippen molar-refractivity contribution in [1.82, 2.24) is 0 Å². The summed E-state index contributed by atoms with van der Waals surface area (Å²) in [4.78, 5) is 12.7. The van der Waals surface area contributed by atoms with Crippen molar-refractivity contribution in [3.63, 3.8) is 0 Å². The fourth-order valence-corrected chi connectivity index (χ4v) is 3.91. The number of rotatable bonds is 1. The minimum atomic E-state index is -0.257. The van der Waals surface area contributed by atoms with E-state index in [4.69, 9.17) is 0 Å². The third kappa shape index (κ3) is 2.37. The van der Waals surface area contributed by atoms with Crippen LogP contribution in [-0.2, 0) is 4.79 Å². The lowest BCUT2D eigenvalue weighted by molar-refractivity contribution is -0.115. The monoisotopic (exact) mass is 322 g/mol. The number of allylic oxidation sites excluding steroid dienone is 3. The molecule has 2 aliphatic carbocycles. The van der Waals surface area contributed by atoms with E-state index in [9.17, 15) is 9.18 Å². The lowest BCUT2D eigenvalue weighted by atomic mass is 9.79. The van der Waals surface area contributed by atoms with Gasteiger partial charge in [0.25, 0.3) is 0 Å². The minimum Gasteiger partial charge on any atom is -0.294 e. The van der Waals surface area contributed by atoms with Crippen LogP contribution in [0.4, 0.5) is 4.39 Å². The predicted octanol–water partition coefficient (Wildman–Crippen LogP) is 5.38. The molecule has 1 unspecified atom stereocenters. The highest BCUT2D eigenvalue weighted by Crippen LogP contribution is 2.49. The van der Waals surface area contributed by atoms with Crippen LogP contribution in [0, 0.1) is 5.82 Å². The summed E-state index contributed by atoms with van der Waals surface area (Å²) in [6.45, 7) is 1.98. The molecule has 1 aliphatic heterocycles. The smallest absolute Gasteiger partial charge is 0.163 e. The molecule has 1 aromatic rings. The summed E-state index contributed by atoms with van der Waals surface area (Å²) in [6, 6.07) is 6.22. The zero-order valence-electron chi connectivity index (χ0n) is 13.7. The molecule has 1 aromatic carbocycles. The van der Waals surface area contributed by atoms with Gasteiger partial charge in [-0.2, -0.15) is 10.2 Å². The Morgan fingerprint density at radius 3 is 2.67 bits per heavy atom. The number of azo groups is 1. The number of Topliss-reactive ketones (excluding diaryl/α,β-unsaturated/α-hetero) is 1. The van der Waals surface area contributed by atoms with Gasteiger partial charge in [-0.3, -0.25) is 4.79 Å². The summed E-state index contributed by atoms with van der Waals surface area (Å²) in [5.41, 5.74) is 6.06. The van der Waals surface area contributed by atoms with Crippen molar-refractivity contribution in [2.45, 2.75) is 45.1 Å². The van der Waals surface area contributed by atoms with E-state index in [2.05, 4.69) is 10.2 Å². The summed E-state index contributed by atoms with van der Waals surface area (Å²) in [5, 5.41) is 8.86. The van der Waals surface area contributed by atoms with Crippen LogP contribution in [0.2, 0.25) is 0 Å². The van der Waals surface area contributed by atoms with Crippen LogP contribution in [0.1, 0.15) is 50.6 Å². The number of benzene rings is 1. The number of halogens is 1. The van der Waals surface area contributed by atoms with Gasteiger partial charge in [-0.25, -0.2) is 4.39 Å². The molecule has 1 atom stereocenters. The molecule has 122 valence electrons. The van der Waals surface area contributed by atoms with Crippen molar-refractivity contribution in [2.24, 2.45) is 10.2 Å². The minimum absolute atomic E-state index is 0.213. The first-order chi connectivity index (χ1) is 11.7. The fraction of sp³-hybridized carbons (Fsp3) is 0.350. The molecule has 3 aliphatic rings. The topological polar surface area (TPSA) is 41.8 Å². The van der Waals surface area contributed by atoms with Crippen molar-refractivity contribution in [1.29, 1.82) is 0 Å². The molecular formula is C20H19FN2O. The average molecular weight is 322 g/mol. The van der Waals surface area contributed by atoms with Gasteiger partial charge in [-0.1, -0.05) is 18.2 Å². The SMILES string of the molecule is C/C=C1\CC2=C(C3=C1C(=O)CCCC3)C(c1ccc(F)cc1)N=N2. The second-order valence-electron chi connectivity index (χ2n) is 6.50. The lowest BCUT2D eigenvalue weighted by Crippen LogP contribution is -2.15. The molecule has 0 fully saturated rings. The molecular weight excluding hydrogens is 303 g/mol. The maximum atomic E-state index is 13.2. The number of nitrogens with zero attached hydrogens (tertiary/aromatic N) is 2. The Morgan fingerprint density at radius 1 is 1.17 bits per heavy atom. The summed E-state index contributed by atoms with van der Waals surface area (Å²) in [5.74, 6) is -0.0146. The van der Waals surface area contributed by atoms with Gasteiger partial charge < -0.3 is 0 Å². The van der Waals surface area contributed by atoms with Gasteiger partial charge in [0.2, 0.25) is 0 Å². The second-order valence-corrected chi connectivity index (χ2v) is 6.50. The number of hydrogen-bond donors (Lipinski definition) is 0. The quantitative estimate of drug-likeness (QED) is 0.684. The normalized spacial score (nSPS) is 25.2. The molecule has 0 radical (unpaired) electrons. The molecule has 4 heteroatoms. The molecule has 0 aromatic heterocycles. The van der Waals surface area contributed by atoms with E-state index in [0.717, 1.165) is 52.8 Å². The van der Waals surface area contributed by atoms with Gasteiger partial charge in [0, 0.05) is 24.0 Å². The van der Waals surface area contributed by atoms with Crippen LogP contribution < -0.4 is 0 Å². The first-order valence-electron chi connectivity index (χ1n) is 8.50. The van der Waals surface area contributed by atoms with Gasteiger partial charge in [-0.15, -0.1) is 0 Å². The zero-order chi connectivity index (χ0) is 16.7. The van der Waals surface area contributed by atoms with Crippen molar-refractivity contribution >= 4 is 5.78 Å². The molecule has 1 heterocycles. The van der Waals surface area contributed by atoms with E-state index in [1.165, 1.54) is 12.1 Å². The Kier molecular flexibility index (Phi) is 3.75. The molecule has 0 bridgehead atoms. The molecule has 24 heavy (non-hydrogen) atoms. The van der Waals surface area contributed by atoms with Crippen molar-refractivity contribution in [2.75, 3.05) is 0 Å². The summed E-state index contributed by atoms with van der Waals surface area (Å²) in [6.07, 6.45) is 6.14. The maximum absolute atomic E-state index is 13.2. The third-order valence-electron chi connectivity index (χ3n) is 5.08. The highest BCUT2D eigenvalue weighted by molar-refractivity contribution is 6.02. The number of fused-ring (bicyclic) bond motifs is 1. The van der Waals surface area contributed by atoms with Crippen LogP contribution in [0.15, 0.2) is 68.6 Å². The average Bonchev–Trinajstić information content (AvgIpc) is 2.92. The van der Waals surface area contributed by atoms with Gasteiger partial charge in [0.1, 0.15) is 11.9 Å². The van der Waals surface area contributed by atoms with Crippen LogP contribution in [0.25, 0.3) is 0 Å². The van der Waals surface area contributed by atoms with E-state index in [1.807, 2.05) is 13.0 Å². The van der Waals surface area contributed by atoms with E-state index in [1.54, 1.807) is 12.1 Å². The van der Waals surface area contributed by atoms with Gasteiger partial charge in [0.05, 0.1) is 5.70 Å². The van der Waals surface area contributed by atoms with E-state index in [0.29, 0.717) is 12.8 Å². The van der Waals surface area contributed by atoms with Gasteiger partial charge >= 0.3 is 0 Å². The summed E-state index contributed by atoms with van der Waals surface area (Å²) < 4.78 is 13.2. The van der Waals surface area contributed by atoms with Crippen LogP contribution in [-0.4, -0.2) is 5.78 Å². The van der Waals surface area contributed by atoms with E-state index >= 15 is 0 Å². The first kappa shape index (κ1) is 15.2. The Bertz CT molecular complexity index is 828. The number of hydrogen-bond acceptors (Lipinski definition) is 3.